The zero-order valence-electron chi connectivity index (χ0n) is 11.9. The SMILES string of the molecule is CCOC(=O)C(C)(CCS(=O)(=O)CC)C(=O)OCC. The summed E-state index contributed by atoms with van der Waals surface area (Å²) in [5.41, 5.74) is -1.58. The summed E-state index contributed by atoms with van der Waals surface area (Å²) in [6, 6.07) is 0. The molecule has 0 fully saturated rings. The quantitative estimate of drug-likeness (QED) is 0.489. The van der Waals surface area contributed by atoms with E-state index >= 15 is 0 Å². The van der Waals surface area contributed by atoms with Crippen LogP contribution in [0.1, 0.15) is 34.1 Å². The Bertz CT molecular complexity index is 394. The molecule has 0 amide bonds. The Hall–Kier alpha value is -1.11. The van der Waals surface area contributed by atoms with Crippen molar-refractivity contribution in [3.05, 3.63) is 0 Å². The van der Waals surface area contributed by atoms with Crippen LogP contribution in [0.4, 0.5) is 0 Å². The molecule has 0 saturated heterocycles. The maximum Gasteiger partial charge on any atom is 0.323 e. The third-order valence-electron chi connectivity index (χ3n) is 2.80. The number of esters is 2. The van der Waals surface area contributed by atoms with Gasteiger partial charge in [-0.05, 0) is 27.2 Å². The minimum atomic E-state index is -3.27. The molecule has 7 heteroatoms. The van der Waals surface area contributed by atoms with Crippen molar-refractivity contribution in [2.75, 3.05) is 24.7 Å². The molecule has 0 atom stereocenters. The molecule has 0 heterocycles. The van der Waals surface area contributed by atoms with Crippen molar-refractivity contribution in [2.24, 2.45) is 5.41 Å². The van der Waals surface area contributed by atoms with Crippen molar-refractivity contribution < 1.29 is 27.5 Å². The molecule has 0 aliphatic heterocycles. The minimum Gasteiger partial charge on any atom is -0.465 e. The largest absolute Gasteiger partial charge is 0.465 e. The van der Waals surface area contributed by atoms with Gasteiger partial charge in [0.1, 0.15) is 9.84 Å². The Morgan fingerprint density at radius 3 is 1.74 bits per heavy atom. The van der Waals surface area contributed by atoms with Gasteiger partial charge >= 0.3 is 11.9 Å². The molecule has 0 aromatic carbocycles. The highest BCUT2D eigenvalue weighted by Crippen LogP contribution is 2.26. The first-order valence-electron chi connectivity index (χ1n) is 6.28. The Morgan fingerprint density at radius 2 is 1.42 bits per heavy atom. The second kappa shape index (κ2) is 7.47. The summed E-state index contributed by atoms with van der Waals surface area (Å²) in [5.74, 6) is -1.79. The van der Waals surface area contributed by atoms with Crippen LogP contribution in [0.5, 0.6) is 0 Å². The van der Waals surface area contributed by atoms with Gasteiger partial charge in [0, 0.05) is 5.75 Å². The van der Waals surface area contributed by atoms with Crippen LogP contribution < -0.4 is 0 Å². The van der Waals surface area contributed by atoms with Crippen molar-refractivity contribution >= 4 is 21.8 Å². The summed E-state index contributed by atoms with van der Waals surface area (Å²) in [6.07, 6.45) is -0.138. The maximum atomic E-state index is 11.9. The Morgan fingerprint density at radius 1 is 1.00 bits per heavy atom. The van der Waals surface area contributed by atoms with Gasteiger partial charge < -0.3 is 9.47 Å². The smallest absolute Gasteiger partial charge is 0.323 e. The summed E-state index contributed by atoms with van der Waals surface area (Å²) in [4.78, 5) is 23.7. The minimum absolute atomic E-state index is 0.0330. The lowest BCUT2D eigenvalue weighted by molar-refractivity contribution is -0.170. The number of carbonyl (C=O) groups excluding carboxylic acids is 2. The molecule has 0 aliphatic carbocycles. The first kappa shape index (κ1) is 17.9. The van der Waals surface area contributed by atoms with E-state index < -0.39 is 27.2 Å². The van der Waals surface area contributed by atoms with Gasteiger partial charge in [-0.3, -0.25) is 9.59 Å². The van der Waals surface area contributed by atoms with Crippen LogP contribution in [0, 0.1) is 5.41 Å². The fourth-order valence-corrected chi connectivity index (χ4v) is 2.38. The van der Waals surface area contributed by atoms with Crippen molar-refractivity contribution in [3.8, 4) is 0 Å². The van der Waals surface area contributed by atoms with E-state index in [4.69, 9.17) is 9.47 Å². The molecular weight excluding hydrogens is 272 g/mol. The van der Waals surface area contributed by atoms with E-state index in [9.17, 15) is 18.0 Å². The van der Waals surface area contributed by atoms with E-state index in [1.54, 1.807) is 13.8 Å². The number of hydrogen-bond donors (Lipinski definition) is 0. The van der Waals surface area contributed by atoms with Crippen molar-refractivity contribution in [1.29, 1.82) is 0 Å². The van der Waals surface area contributed by atoms with Gasteiger partial charge in [0.15, 0.2) is 5.41 Å². The van der Waals surface area contributed by atoms with Gasteiger partial charge in [-0.1, -0.05) is 6.92 Å². The molecule has 0 unspecified atom stereocenters. The monoisotopic (exact) mass is 294 g/mol. The summed E-state index contributed by atoms with van der Waals surface area (Å²) in [6.45, 7) is 6.34. The van der Waals surface area contributed by atoms with Crippen LogP contribution in [0.2, 0.25) is 0 Å². The summed E-state index contributed by atoms with van der Waals surface area (Å²) in [5, 5.41) is 0. The molecule has 0 radical (unpaired) electrons. The summed E-state index contributed by atoms with van der Waals surface area (Å²) >= 11 is 0. The zero-order valence-corrected chi connectivity index (χ0v) is 12.7. The number of hydrogen-bond acceptors (Lipinski definition) is 6. The van der Waals surface area contributed by atoms with Crippen LogP contribution >= 0.6 is 0 Å². The van der Waals surface area contributed by atoms with Crippen LogP contribution in [0.15, 0.2) is 0 Å². The fraction of sp³-hybridized carbons (Fsp3) is 0.833. The summed E-state index contributed by atoms with van der Waals surface area (Å²) < 4.78 is 32.7. The Balaban J connectivity index is 5.06. The zero-order chi connectivity index (χ0) is 15.1. The van der Waals surface area contributed by atoms with Crippen molar-refractivity contribution in [1.82, 2.24) is 0 Å². The molecule has 19 heavy (non-hydrogen) atoms. The molecule has 0 aromatic rings. The predicted octanol–water partition coefficient (Wildman–Crippen LogP) is 0.944. The number of sulfone groups is 1. The molecule has 0 bridgehead atoms. The lowest BCUT2D eigenvalue weighted by Crippen LogP contribution is -2.41. The second-order valence-corrected chi connectivity index (χ2v) is 6.73. The number of rotatable bonds is 8. The van der Waals surface area contributed by atoms with Crippen LogP contribution in [0.25, 0.3) is 0 Å². The number of carbonyl (C=O) groups is 2. The molecule has 0 N–H and O–H groups in total. The topological polar surface area (TPSA) is 86.7 Å². The van der Waals surface area contributed by atoms with E-state index in [1.807, 2.05) is 0 Å². The van der Waals surface area contributed by atoms with E-state index in [0.29, 0.717) is 0 Å². The third kappa shape index (κ3) is 5.18. The second-order valence-electron chi connectivity index (χ2n) is 4.26. The lowest BCUT2D eigenvalue weighted by Gasteiger charge is -2.24. The summed E-state index contributed by atoms with van der Waals surface area (Å²) in [7, 11) is -3.27. The fourth-order valence-electron chi connectivity index (χ4n) is 1.37. The Kier molecular flexibility index (Phi) is 7.04. The van der Waals surface area contributed by atoms with Gasteiger partial charge in [-0.25, -0.2) is 8.42 Å². The lowest BCUT2D eigenvalue weighted by atomic mass is 9.87. The first-order chi connectivity index (χ1) is 8.73. The molecule has 0 aliphatic rings. The molecule has 0 spiro atoms. The van der Waals surface area contributed by atoms with E-state index in [-0.39, 0.29) is 31.1 Å². The molecule has 0 saturated carbocycles. The average Bonchev–Trinajstić information content (AvgIpc) is 2.36. The third-order valence-corrected chi connectivity index (χ3v) is 4.51. The molecule has 112 valence electrons. The maximum absolute atomic E-state index is 11.9. The van der Waals surface area contributed by atoms with Crippen LogP contribution in [0.3, 0.4) is 0 Å². The highest BCUT2D eigenvalue weighted by molar-refractivity contribution is 7.91. The van der Waals surface area contributed by atoms with E-state index in [0.717, 1.165) is 0 Å². The van der Waals surface area contributed by atoms with Crippen molar-refractivity contribution in [3.63, 3.8) is 0 Å². The van der Waals surface area contributed by atoms with Crippen molar-refractivity contribution in [2.45, 2.75) is 34.1 Å². The predicted molar refractivity (Wildman–Crippen MR) is 70.3 cm³/mol. The van der Waals surface area contributed by atoms with Gasteiger partial charge in [-0.2, -0.15) is 0 Å². The van der Waals surface area contributed by atoms with Gasteiger partial charge in [0.05, 0.1) is 19.0 Å². The molecule has 0 aromatic heterocycles. The highest BCUT2D eigenvalue weighted by Gasteiger charge is 2.44. The van der Waals surface area contributed by atoms with E-state index in [2.05, 4.69) is 0 Å². The molecule has 0 rings (SSSR count). The van der Waals surface area contributed by atoms with Gasteiger partial charge in [-0.15, -0.1) is 0 Å². The first-order valence-corrected chi connectivity index (χ1v) is 8.10. The average molecular weight is 294 g/mol. The number of ether oxygens (including phenoxy) is 2. The van der Waals surface area contributed by atoms with Crippen LogP contribution in [-0.4, -0.2) is 45.1 Å². The Labute approximate surface area is 114 Å². The molecule has 6 nitrogen and oxygen atoms in total. The van der Waals surface area contributed by atoms with Crippen LogP contribution in [-0.2, 0) is 28.9 Å². The van der Waals surface area contributed by atoms with Gasteiger partial charge in [0.2, 0.25) is 0 Å². The van der Waals surface area contributed by atoms with E-state index in [1.165, 1.54) is 13.8 Å². The van der Waals surface area contributed by atoms with Gasteiger partial charge in [0.25, 0.3) is 0 Å². The standard InChI is InChI=1S/C12H22O6S/c1-5-17-10(13)12(4,11(14)18-6-2)8-9-19(15,16)7-3/h5-9H2,1-4H3. The normalized spacial score (nSPS) is 12.0. The molecular formula is C12H22O6S. The highest BCUT2D eigenvalue weighted by atomic mass is 32.2.